The number of nitrogens with zero attached hydrogens (tertiary/aromatic N) is 2. The standard InChI is InChI=1S/C16H24N2O3/c1-3-5-12-18(14-9-7-6-8-10-14)16(21)17(4-2)13-11-15(19)20/h6-10H,3-5,11-13H2,1-2H3,(H,19,20). The summed E-state index contributed by atoms with van der Waals surface area (Å²) in [6, 6.07) is 9.38. The van der Waals surface area contributed by atoms with Crippen molar-refractivity contribution in [3.8, 4) is 0 Å². The first-order chi connectivity index (χ1) is 10.1. The zero-order chi connectivity index (χ0) is 15.7. The topological polar surface area (TPSA) is 60.9 Å². The van der Waals surface area contributed by atoms with Crippen molar-refractivity contribution in [3.05, 3.63) is 30.3 Å². The van der Waals surface area contributed by atoms with Gasteiger partial charge in [0.05, 0.1) is 6.42 Å². The van der Waals surface area contributed by atoms with Crippen LogP contribution >= 0.6 is 0 Å². The summed E-state index contributed by atoms with van der Waals surface area (Å²) < 4.78 is 0. The number of hydrogen-bond acceptors (Lipinski definition) is 2. The number of unbranched alkanes of at least 4 members (excludes halogenated alkanes) is 1. The Balaban J connectivity index is 2.85. The molecular weight excluding hydrogens is 268 g/mol. The van der Waals surface area contributed by atoms with E-state index in [1.165, 1.54) is 0 Å². The van der Waals surface area contributed by atoms with E-state index < -0.39 is 5.97 Å². The van der Waals surface area contributed by atoms with E-state index in [1.54, 1.807) is 9.80 Å². The molecule has 2 amide bonds. The third kappa shape index (κ3) is 5.45. The molecule has 1 N–H and O–H groups in total. The first kappa shape index (κ1) is 17.0. The number of rotatable bonds is 8. The SMILES string of the molecule is CCCCN(C(=O)N(CC)CCC(=O)O)c1ccccc1. The van der Waals surface area contributed by atoms with Gasteiger partial charge in [-0.3, -0.25) is 9.69 Å². The van der Waals surface area contributed by atoms with Crippen molar-refractivity contribution >= 4 is 17.7 Å². The number of hydrogen-bond donors (Lipinski definition) is 1. The predicted octanol–water partition coefficient (Wildman–Crippen LogP) is 3.21. The number of carbonyl (C=O) groups excluding carboxylic acids is 1. The summed E-state index contributed by atoms with van der Waals surface area (Å²) in [5.74, 6) is -0.888. The molecule has 0 aliphatic carbocycles. The van der Waals surface area contributed by atoms with Crippen LogP contribution in [0.1, 0.15) is 33.1 Å². The maximum Gasteiger partial charge on any atom is 0.324 e. The van der Waals surface area contributed by atoms with E-state index in [9.17, 15) is 9.59 Å². The zero-order valence-corrected chi connectivity index (χ0v) is 12.8. The van der Waals surface area contributed by atoms with Gasteiger partial charge in [0.1, 0.15) is 0 Å². The quantitative estimate of drug-likeness (QED) is 0.800. The predicted molar refractivity (Wildman–Crippen MR) is 83.6 cm³/mol. The smallest absolute Gasteiger partial charge is 0.324 e. The Morgan fingerprint density at radius 1 is 1.10 bits per heavy atom. The number of carbonyl (C=O) groups is 2. The minimum Gasteiger partial charge on any atom is -0.481 e. The molecule has 0 fully saturated rings. The molecule has 1 aromatic rings. The van der Waals surface area contributed by atoms with Crippen LogP contribution in [0.15, 0.2) is 30.3 Å². The van der Waals surface area contributed by atoms with E-state index in [-0.39, 0.29) is 19.0 Å². The highest BCUT2D eigenvalue weighted by molar-refractivity contribution is 5.92. The Morgan fingerprint density at radius 2 is 1.76 bits per heavy atom. The van der Waals surface area contributed by atoms with Crippen molar-refractivity contribution in [1.29, 1.82) is 0 Å². The molecule has 0 aliphatic rings. The fraction of sp³-hybridized carbons (Fsp3) is 0.500. The molecule has 5 heteroatoms. The minimum absolute atomic E-state index is 0.0318. The van der Waals surface area contributed by atoms with Crippen LogP contribution in [0.2, 0.25) is 0 Å². The zero-order valence-electron chi connectivity index (χ0n) is 12.8. The first-order valence-corrected chi connectivity index (χ1v) is 7.43. The van der Waals surface area contributed by atoms with Gasteiger partial charge < -0.3 is 10.0 Å². The molecular formula is C16H24N2O3. The van der Waals surface area contributed by atoms with Crippen molar-refractivity contribution in [2.45, 2.75) is 33.1 Å². The summed E-state index contributed by atoms with van der Waals surface area (Å²) in [5, 5.41) is 8.79. The molecule has 0 atom stereocenters. The van der Waals surface area contributed by atoms with E-state index in [4.69, 9.17) is 5.11 Å². The van der Waals surface area contributed by atoms with Gasteiger partial charge in [0.15, 0.2) is 0 Å². The Kier molecular flexibility index (Phi) is 7.29. The van der Waals surface area contributed by atoms with Crippen molar-refractivity contribution in [2.24, 2.45) is 0 Å². The Bertz CT molecular complexity index is 448. The number of benzene rings is 1. The van der Waals surface area contributed by atoms with E-state index in [1.807, 2.05) is 37.3 Å². The normalized spacial score (nSPS) is 10.2. The molecule has 0 saturated carbocycles. The largest absolute Gasteiger partial charge is 0.481 e. The first-order valence-electron chi connectivity index (χ1n) is 7.43. The van der Waals surface area contributed by atoms with Crippen LogP contribution in [0.5, 0.6) is 0 Å². The fourth-order valence-corrected chi connectivity index (χ4v) is 2.05. The second-order valence-corrected chi connectivity index (χ2v) is 4.85. The highest BCUT2D eigenvalue weighted by Crippen LogP contribution is 2.16. The molecule has 116 valence electrons. The lowest BCUT2D eigenvalue weighted by Crippen LogP contribution is -2.44. The lowest BCUT2D eigenvalue weighted by molar-refractivity contribution is -0.137. The van der Waals surface area contributed by atoms with Crippen molar-refractivity contribution in [1.82, 2.24) is 4.90 Å². The highest BCUT2D eigenvalue weighted by Gasteiger charge is 2.21. The van der Waals surface area contributed by atoms with Gasteiger partial charge in [0.25, 0.3) is 0 Å². The van der Waals surface area contributed by atoms with Crippen LogP contribution in [0, 0.1) is 0 Å². The lowest BCUT2D eigenvalue weighted by Gasteiger charge is -2.30. The van der Waals surface area contributed by atoms with Crippen LogP contribution in [0.4, 0.5) is 10.5 Å². The monoisotopic (exact) mass is 292 g/mol. The van der Waals surface area contributed by atoms with Gasteiger partial charge in [-0.25, -0.2) is 4.79 Å². The Hall–Kier alpha value is -2.04. The van der Waals surface area contributed by atoms with Crippen LogP contribution in [0.3, 0.4) is 0 Å². The number of amides is 2. The van der Waals surface area contributed by atoms with E-state index in [2.05, 4.69) is 6.92 Å². The Morgan fingerprint density at radius 3 is 2.29 bits per heavy atom. The van der Waals surface area contributed by atoms with Crippen molar-refractivity contribution in [3.63, 3.8) is 0 Å². The molecule has 21 heavy (non-hydrogen) atoms. The molecule has 1 rings (SSSR count). The molecule has 0 bridgehead atoms. The summed E-state index contributed by atoms with van der Waals surface area (Å²) in [7, 11) is 0. The number of carboxylic acid groups (broad SMARTS) is 1. The third-order valence-corrected chi connectivity index (χ3v) is 3.28. The van der Waals surface area contributed by atoms with Crippen LogP contribution in [-0.2, 0) is 4.79 Å². The van der Waals surface area contributed by atoms with Crippen LogP contribution in [0.25, 0.3) is 0 Å². The van der Waals surface area contributed by atoms with E-state index in [0.29, 0.717) is 13.1 Å². The lowest BCUT2D eigenvalue weighted by atomic mass is 10.2. The van der Waals surface area contributed by atoms with Crippen LogP contribution in [-0.4, -0.2) is 41.6 Å². The van der Waals surface area contributed by atoms with Crippen LogP contribution < -0.4 is 4.90 Å². The Labute approximate surface area is 126 Å². The summed E-state index contributed by atoms with van der Waals surface area (Å²) in [5.41, 5.74) is 0.852. The maximum atomic E-state index is 12.7. The highest BCUT2D eigenvalue weighted by atomic mass is 16.4. The molecule has 5 nitrogen and oxygen atoms in total. The van der Waals surface area contributed by atoms with Gasteiger partial charge in [-0.15, -0.1) is 0 Å². The molecule has 0 unspecified atom stereocenters. The summed E-state index contributed by atoms with van der Waals surface area (Å²) in [6.07, 6.45) is 1.88. The third-order valence-electron chi connectivity index (χ3n) is 3.28. The number of carboxylic acids is 1. The van der Waals surface area contributed by atoms with Gasteiger partial charge in [0, 0.05) is 25.3 Å². The number of para-hydroxylation sites is 1. The van der Waals surface area contributed by atoms with Gasteiger partial charge >= 0.3 is 12.0 Å². The number of anilines is 1. The maximum absolute atomic E-state index is 12.7. The number of aliphatic carboxylic acids is 1. The van der Waals surface area contributed by atoms with E-state index >= 15 is 0 Å². The van der Waals surface area contributed by atoms with Gasteiger partial charge in [-0.2, -0.15) is 0 Å². The molecule has 0 aromatic heterocycles. The van der Waals surface area contributed by atoms with Gasteiger partial charge in [-0.05, 0) is 25.5 Å². The molecule has 0 aliphatic heterocycles. The van der Waals surface area contributed by atoms with Crippen molar-refractivity contribution in [2.75, 3.05) is 24.5 Å². The molecule has 0 heterocycles. The van der Waals surface area contributed by atoms with E-state index in [0.717, 1.165) is 18.5 Å². The van der Waals surface area contributed by atoms with Crippen molar-refractivity contribution < 1.29 is 14.7 Å². The second-order valence-electron chi connectivity index (χ2n) is 4.85. The fourth-order valence-electron chi connectivity index (χ4n) is 2.05. The average molecular weight is 292 g/mol. The minimum atomic E-state index is -0.888. The molecule has 1 aromatic carbocycles. The number of urea groups is 1. The summed E-state index contributed by atoms with van der Waals surface area (Å²) in [4.78, 5) is 26.7. The molecule has 0 saturated heterocycles. The summed E-state index contributed by atoms with van der Waals surface area (Å²) in [6.45, 7) is 5.32. The van der Waals surface area contributed by atoms with Gasteiger partial charge in [0.2, 0.25) is 0 Å². The van der Waals surface area contributed by atoms with Gasteiger partial charge in [-0.1, -0.05) is 31.5 Å². The molecule has 0 radical (unpaired) electrons. The molecule has 0 spiro atoms. The average Bonchev–Trinajstić information content (AvgIpc) is 2.49. The second kappa shape index (κ2) is 9.00. The summed E-state index contributed by atoms with van der Waals surface area (Å²) >= 11 is 0.